The number of benzene rings is 2. The Labute approximate surface area is 119 Å². The molecule has 4 heteroatoms. The number of carbonyl (C=O) groups is 1. The molecule has 0 fully saturated rings. The highest BCUT2D eigenvalue weighted by Gasteiger charge is 2.14. The van der Waals surface area contributed by atoms with E-state index >= 15 is 0 Å². The van der Waals surface area contributed by atoms with Gasteiger partial charge in [0.1, 0.15) is 0 Å². The molecule has 0 aliphatic heterocycles. The molecule has 2 aromatic carbocycles. The molecule has 0 radical (unpaired) electrons. The van der Waals surface area contributed by atoms with Crippen molar-refractivity contribution in [1.82, 2.24) is 0 Å². The van der Waals surface area contributed by atoms with Crippen LogP contribution in [0.4, 0.5) is 0 Å². The van der Waals surface area contributed by atoms with Crippen LogP contribution in [0, 0.1) is 6.92 Å². The highest BCUT2D eigenvalue weighted by Crippen LogP contribution is 2.17. The Hall–Kier alpha value is -1.45. The fourth-order valence-corrected chi connectivity index (χ4v) is 2.90. The molecule has 2 aromatic rings. The van der Waals surface area contributed by atoms with Crippen molar-refractivity contribution in [3.8, 4) is 0 Å². The van der Waals surface area contributed by atoms with Gasteiger partial charge in [0.2, 0.25) is 0 Å². The van der Waals surface area contributed by atoms with Crippen molar-refractivity contribution in [2.24, 2.45) is 0 Å². The summed E-state index contributed by atoms with van der Waals surface area (Å²) in [5.41, 5.74) is 1.52. The molecule has 0 saturated carbocycles. The highest BCUT2D eigenvalue weighted by atomic mass is 35.5. The second-order valence-electron chi connectivity index (χ2n) is 4.21. The molecule has 1 unspecified atom stereocenters. The third-order valence-corrected chi connectivity index (χ3v) is 4.37. The molecule has 0 aromatic heterocycles. The minimum absolute atomic E-state index is 0.0488. The van der Waals surface area contributed by atoms with E-state index in [1.807, 2.05) is 19.1 Å². The third kappa shape index (κ3) is 3.52. The predicted molar refractivity (Wildman–Crippen MR) is 78.2 cm³/mol. The molecule has 1 atom stereocenters. The topological polar surface area (TPSA) is 34.1 Å². The van der Waals surface area contributed by atoms with E-state index in [1.54, 1.807) is 36.4 Å². The highest BCUT2D eigenvalue weighted by molar-refractivity contribution is 7.85. The molecule has 0 bridgehead atoms. The van der Waals surface area contributed by atoms with Crippen LogP contribution < -0.4 is 0 Å². The van der Waals surface area contributed by atoms with E-state index in [9.17, 15) is 9.00 Å². The third-order valence-electron chi connectivity index (χ3n) is 2.72. The largest absolute Gasteiger partial charge is 0.293 e. The van der Waals surface area contributed by atoms with Crippen molar-refractivity contribution in [2.45, 2.75) is 11.8 Å². The van der Waals surface area contributed by atoms with Gasteiger partial charge in [-0.15, -0.1) is 0 Å². The smallest absolute Gasteiger partial charge is 0.177 e. The Balaban J connectivity index is 2.13. The average molecular weight is 293 g/mol. The molecule has 0 heterocycles. The number of hydrogen-bond acceptors (Lipinski definition) is 2. The number of halogens is 1. The van der Waals surface area contributed by atoms with Crippen molar-refractivity contribution < 1.29 is 9.00 Å². The molecule has 0 N–H and O–H groups in total. The Kier molecular flexibility index (Phi) is 4.51. The van der Waals surface area contributed by atoms with Crippen molar-refractivity contribution >= 4 is 28.2 Å². The number of hydrogen-bond donors (Lipinski definition) is 0. The van der Waals surface area contributed by atoms with Crippen LogP contribution in [0.15, 0.2) is 53.4 Å². The van der Waals surface area contributed by atoms with Gasteiger partial charge < -0.3 is 0 Å². The van der Waals surface area contributed by atoms with Gasteiger partial charge in [-0.25, -0.2) is 0 Å². The Bertz CT molecular complexity index is 620. The lowest BCUT2D eigenvalue weighted by molar-refractivity contribution is 0.102. The van der Waals surface area contributed by atoms with E-state index in [-0.39, 0.29) is 11.5 Å². The summed E-state index contributed by atoms with van der Waals surface area (Å²) in [5, 5.41) is 0.397. The molecule has 0 spiro atoms. The Morgan fingerprint density at radius 3 is 2.37 bits per heavy atom. The second kappa shape index (κ2) is 6.13. The summed E-state index contributed by atoms with van der Waals surface area (Å²) in [6.07, 6.45) is 0. The molecule has 0 aliphatic rings. The number of Topliss-reactive ketones (excluding diaryl/α,β-unsaturated/α-hetero) is 1. The minimum Gasteiger partial charge on any atom is -0.293 e. The molecule has 98 valence electrons. The lowest BCUT2D eigenvalue weighted by atomic mass is 10.1. The van der Waals surface area contributed by atoms with E-state index in [1.165, 1.54) is 0 Å². The summed E-state index contributed by atoms with van der Waals surface area (Å²) in [6.45, 7) is 1.96. The Morgan fingerprint density at radius 2 is 1.74 bits per heavy atom. The first kappa shape index (κ1) is 14.0. The van der Waals surface area contributed by atoms with Crippen LogP contribution in [0.3, 0.4) is 0 Å². The van der Waals surface area contributed by atoms with E-state index in [0.717, 1.165) is 5.56 Å². The van der Waals surface area contributed by atoms with Gasteiger partial charge in [0, 0.05) is 10.5 Å². The van der Waals surface area contributed by atoms with E-state index < -0.39 is 10.8 Å². The lowest BCUT2D eigenvalue weighted by Gasteiger charge is -2.04. The Morgan fingerprint density at radius 1 is 1.11 bits per heavy atom. The van der Waals surface area contributed by atoms with Crippen molar-refractivity contribution in [2.75, 3.05) is 5.75 Å². The molecule has 0 amide bonds. The van der Waals surface area contributed by atoms with Crippen molar-refractivity contribution in [1.29, 1.82) is 0 Å². The van der Waals surface area contributed by atoms with Gasteiger partial charge in [0.05, 0.1) is 21.6 Å². The summed E-state index contributed by atoms with van der Waals surface area (Å²) < 4.78 is 12.1. The van der Waals surface area contributed by atoms with E-state index in [2.05, 4.69) is 0 Å². The molecular formula is C15H13ClO2S. The van der Waals surface area contributed by atoms with Crippen LogP contribution in [0.25, 0.3) is 0 Å². The second-order valence-corrected chi connectivity index (χ2v) is 6.06. The van der Waals surface area contributed by atoms with Crippen molar-refractivity contribution in [3.63, 3.8) is 0 Å². The maximum absolute atomic E-state index is 12.1. The van der Waals surface area contributed by atoms with Crippen molar-refractivity contribution in [3.05, 3.63) is 64.7 Å². The standard InChI is InChI=1S/C15H13ClO2S/c1-11-6-8-12(9-7-11)19(18)10-15(17)13-4-2-3-5-14(13)16/h2-9H,10H2,1H3. The van der Waals surface area contributed by atoms with E-state index in [4.69, 9.17) is 11.6 Å². The molecule has 0 aliphatic carbocycles. The molecular weight excluding hydrogens is 280 g/mol. The summed E-state index contributed by atoms with van der Waals surface area (Å²) in [4.78, 5) is 12.7. The van der Waals surface area contributed by atoms with Crippen LogP contribution >= 0.6 is 11.6 Å². The zero-order valence-corrected chi connectivity index (χ0v) is 12.0. The average Bonchev–Trinajstić information content (AvgIpc) is 2.39. The number of ketones is 1. The van der Waals surface area contributed by atoms with Crippen LogP contribution in [-0.4, -0.2) is 15.7 Å². The summed E-state index contributed by atoms with van der Waals surface area (Å²) in [7, 11) is -1.34. The minimum atomic E-state index is -1.34. The monoisotopic (exact) mass is 292 g/mol. The van der Waals surface area contributed by atoms with Gasteiger partial charge in [0.15, 0.2) is 5.78 Å². The van der Waals surface area contributed by atoms with Gasteiger partial charge in [-0.2, -0.15) is 0 Å². The first-order valence-corrected chi connectivity index (χ1v) is 7.50. The first-order chi connectivity index (χ1) is 9.08. The fraction of sp³-hybridized carbons (Fsp3) is 0.133. The normalized spacial score (nSPS) is 12.1. The van der Waals surface area contributed by atoms with Crippen LogP contribution in [-0.2, 0) is 10.8 Å². The number of aryl methyl sites for hydroxylation is 1. The summed E-state index contributed by atoms with van der Waals surface area (Å²) in [5.74, 6) is -0.253. The zero-order valence-electron chi connectivity index (χ0n) is 10.4. The zero-order chi connectivity index (χ0) is 13.8. The van der Waals surface area contributed by atoms with Crippen LogP contribution in [0.1, 0.15) is 15.9 Å². The molecule has 19 heavy (non-hydrogen) atoms. The first-order valence-electron chi connectivity index (χ1n) is 5.80. The summed E-state index contributed by atoms with van der Waals surface area (Å²) in [6, 6.07) is 14.1. The number of rotatable bonds is 4. The maximum atomic E-state index is 12.1. The molecule has 2 rings (SSSR count). The van der Waals surface area contributed by atoms with Gasteiger partial charge in [-0.3, -0.25) is 9.00 Å². The predicted octanol–water partition coefficient (Wildman–Crippen LogP) is 3.64. The van der Waals surface area contributed by atoms with Gasteiger partial charge in [0.25, 0.3) is 0 Å². The quantitative estimate of drug-likeness (QED) is 0.806. The maximum Gasteiger partial charge on any atom is 0.177 e. The van der Waals surface area contributed by atoms with Gasteiger partial charge >= 0.3 is 0 Å². The molecule has 2 nitrogen and oxygen atoms in total. The van der Waals surface area contributed by atoms with E-state index in [0.29, 0.717) is 15.5 Å². The van der Waals surface area contributed by atoms with Gasteiger partial charge in [-0.05, 0) is 31.2 Å². The van der Waals surface area contributed by atoms with Crippen LogP contribution in [0.5, 0.6) is 0 Å². The SMILES string of the molecule is Cc1ccc(S(=O)CC(=O)c2ccccc2Cl)cc1. The molecule has 0 saturated heterocycles. The summed E-state index contributed by atoms with van der Waals surface area (Å²) >= 11 is 5.95. The fourth-order valence-electron chi connectivity index (χ4n) is 1.66. The number of carbonyl (C=O) groups excluding carboxylic acids is 1. The van der Waals surface area contributed by atoms with Gasteiger partial charge in [-0.1, -0.05) is 41.4 Å². The van der Waals surface area contributed by atoms with Crippen LogP contribution in [0.2, 0.25) is 5.02 Å². The lowest BCUT2D eigenvalue weighted by Crippen LogP contribution is -2.11.